The minimum Gasteiger partial charge on any atom is -0.480 e. The van der Waals surface area contributed by atoms with Crippen molar-refractivity contribution in [2.75, 3.05) is 13.3 Å². The maximum Gasteiger partial charge on any atom is 0.379 e. The van der Waals surface area contributed by atoms with Gasteiger partial charge in [0.25, 0.3) is 5.69 Å². The van der Waals surface area contributed by atoms with Gasteiger partial charge in [-0.2, -0.15) is 0 Å². The van der Waals surface area contributed by atoms with Gasteiger partial charge in [0.15, 0.2) is 6.04 Å². The first kappa shape index (κ1) is 24.0. The van der Waals surface area contributed by atoms with E-state index in [1.807, 2.05) is 0 Å². The Balaban J connectivity index is 2.02. The van der Waals surface area contributed by atoms with Crippen LogP contribution in [0.25, 0.3) is 0 Å². The average molecular weight is 452 g/mol. The van der Waals surface area contributed by atoms with Crippen molar-refractivity contribution in [1.29, 1.82) is 0 Å². The molecule has 12 heteroatoms. The fraction of sp³-hybridized carbons (Fsp3) is 0.263. The Bertz CT molecular complexity index is 937. The zero-order valence-corrected chi connectivity index (χ0v) is 17.4. The smallest absolute Gasteiger partial charge is 0.379 e. The monoisotopic (exact) mass is 452 g/mol. The molecule has 11 nitrogen and oxygen atoms in total. The SMILES string of the molecule is COP(=O)(CCC(C(=O)O)N(C=O)OCc1ccc([N+](=O)[O-])cc1)Oc1ccccc1. The third kappa shape index (κ3) is 7.18. The minimum absolute atomic E-state index is 0.117. The van der Waals surface area contributed by atoms with Gasteiger partial charge in [-0.05, 0) is 36.2 Å². The molecule has 0 heterocycles. The normalized spacial score (nSPS) is 13.6. The number of nitrogens with zero attached hydrogens (tertiary/aromatic N) is 2. The molecule has 1 amide bonds. The number of carbonyl (C=O) groups excluding carboxylic acids is 1. The van der Waals surface area contributed by atoms with E-state index in [9.17, 15) is 29.4 Å². The largest absolute Gasteiger partial charge is 0.480 e. The van der Waals surface area contributed by atoms with Gasteiger partial charge in [0.1, 0.15) is 12.4 Å². The van der Waals surface area contributed by atoms with E-state index in [4.69, 9.17) is 13.9 Å². The summed E-state index contributed by atoms with van der Waals surface area (Å²) in [5.41, 5.74) is 0.365. The van der Waals surface area contributed by atoms with E-state index in [1.165, 1.54) is 31.4 Å². The average Bonchev–Trinajstić information content (AvgIpc) is 2.76. The second-order valence-corrected chi connectivity index (χ2v) is 8.44. The van der Waals surface area contributed by atoms with Gasteiger partial charge in [-0.25, -0.2) is 14.4 Å². The van der Waals surface area contributed by atoms with Gasteiger partial charge in [-0.15, -0.1) is 0 Å². The van der Waals surface area contributed by atoms with Crippen LogP contribution in [0.15, 0.2) is 54.6 Å². The molecule has 2 aromatic rings. The molecule has 0 aromatic heterocycles. The predicted octanol–water partition coefficient (Wildman–Crippen LogP) is 3.25. The lowest BCUT2D eigenvalue weighted by Gasteiger charge is -2.25. The summed E-state index contributed by atoms with van der Waals surface area (Å²) in [5.74, 6) is -1.08. The van der Waals surface area contributed by atoms with Crippen molar-refractivity contribution in [3.05, 3.63) is 70.3 Å². The van der Waals surface area contributed by atoms with E-state index < -0.39 is 24.5 Å². The number of hydrogen-bond acceptors (Lipinski definition) is 8. The summed E-state index contributed by atoms with van der Waals surface area (Å²) >= 11 is 0. The van der Waals surface area contributed by atoms with Gasteiger partial charge in [0, 0.05) is 19.2 Å². The fourth-order valence-corrected chi connectivity index (χ4v) is 3.87. The van der Waals surface area contributed by atoms with Crippen molar-refractivity contribution in [3.8, 4) is 5.75 Å². The van der Waals surface area contributed by atoms with E-state index in [1.54, 1.807) is 30.3 Å². The van der Waals surface area contributed by atoms with E-state index in [2.05, 4.69) is 0 Å². The van der Waals surface area contributed by atoms with Crippen LogP contribution in [0.2, 0.25) is 0 Å². The molecule has 166 valence electrons. The Kier molecular flexibility index (Phi) is 8.68. The van der Waals surface area contributed by atoms with Crippen LogP contribution in [0.5, 0.6) is 5.75 Å². The molecular formula is C19H21N2O9P. The quantitative estimate of drug-likeness (QED) is 0.209. The lowest BCUT2D eigenvalue weighted by atomic mass is 10.2. The molecule has 0 saturated carbocycles. The van der Waals surface area contributed by atoms with Crippen LogP contribution in [0.4, 0.5) is 5.69 Å². The molecule has 0 fully saturated rings. The zero-order valence-electron chi connectivity index (χ0n) is 16.5. The highest BCUT2D eigenvalue weighted by atomic mass is 31.2. The molecule has 2 aromatic carbocycles. The minimum atomic E-state index is -3.68. The number of carboxylic acids is 1. The molecule has 2 unspecified atom stereocenters. The van der Waals surface area contributed by atoms with Crippen LogP contribution in [-0.2, 0) is 30.1 Å². The topological polar surface area (TPSA) is 146 Å². The Morgan fingerprint density at radius 3 is 2.39 bits per heavy atom. The van der Waals surface area contributed by atoms with Crippen molar-refractivity contribution in [3.63, 3.8) is 0 Å². The van der Waals surface area contributed by atoms with Crippen molar-refractivity contribution < 1.29 is 38.1 Å². The first-order valence-electron chi connectivity index (χ1n) is 9.00. The summed E-state index contributed by atoms with van der Waals surface area (Å²) in [6.45, 7) is -0.205. The molecule has 0 aliphatic carbocycles. The summed E-state index contributed by atoms with van der Waals surface area (Å²) in [6.07, 6.45) is -0.368. The molecule has 0 radical (unpaired) electrons. The molecular weight excluding hydrogens is 431 g/mol. The standard InChI is InChI=1S/C19H21N2O9P/c1-28-31(27,30-17-5-3-2-4-6-17)12-11-18(19(23)24)20(14-22)29-13-15-7-9-16(10-8-15)21(25)26/h2-10,14,18H,11-13H2,1H3,(H,23,24). The van der Waals surface area contributed by atoms with Crippen molar-refractivity contribution in [2.45, 2.75) is 19.1 Å². The van der Waals surface area contributed by atoms with Gasteiger partial charge in [-0.1, -0.05) is 18.2 Å². The van der Waals surface area contributed by atoms with Gasteiger partial charge >= 0.3 is 13.6 Å². The molecule has 31 heavy (non-hydrogen) atoms. The van der Waals surface area contributed by atoms with E-state index in [-0.39, 0.29) is 31.3 Å². The lowest BCUT2D eigenvalue weighted by molar-refractivity contribution is -0.384. The zero-order chi connectivity index (χ0) is 22.9. The predicted molar refractivity (Wildman–Crippen MR) is 108 cm³/mol. The highest BCUT2D eigenvalue weighted by molar-refractivity contribution is 7.54. The van der Waals surface area contributed by atoms with Crippen LogP contribution < -0.4 is 4.52 Å². The number of carbonyl (C=O) groups is 2. The maximum atomic E-state index is 12.8. The third-order valence-corrected chi connectivity index (χ3v) is 6.02. The first-order chi connectivity index (χ1) is 14.8. The summed E-state index contributed by atoms with van der Waals surface area (Å²) in [7, 11) is -2.50. The van der Waals surface area contributed by atoms with Gasteiger partial charge in [0.2, 0.25) is 6.41 Å². The molecule has 2 rings (SSSR count). The number of non-ortho nitro benzene ring substituents is 1. The number of amides is 1. The third-order valence-electron chi connectivity index (χ3n) is 4.17. The van der Waals surface area contributed by atoms with Gasteiger partial charge < -0.3 is 14.2 Å². The van der Waals surface area contributed by atoms with Crippen LogP contribution >= 0.6 is 7.60 Å². The summed E-state index contributed by atoms with van der Waals surface area (Å²) in [4.78, 5) is 38.5. The Labute approximate surface area is 177 Å². The molecule has 0 spiro atoms. The van der Waals surface area contributed by atoms with E-state index in [0.717, 1.165) is 0 Å². The second-order valence-electron chi connectivity index (χ2n) is 6.23. The second kappa shape index (κ2) is 11.2. The molecule has 2 atom stereocenters. The Morgan fingerprint density at radius 1 is 1.23 bits per heavy atom. The van der Waals surface area contributed by atoms with Crippen molar-refractivity contribution in [2.24, 2.45) is 0 Å². The van der Waals surface area contributed by atoms with Crippen molar-refractivity contribution in [1.82, 2.24) is 5.06 Å². The number of hydroxylamine groups is 2. The Morgan fingerprint density at radius 2 is 1.87 bits per heavy atom. The van der Waals surface area contributed by atoms with Crippen LogP contribution in [0, 0.1) is 10.1 Å². The van der Waals surface area contributed by atoms with Crippen LogP contribution in [0.1, 0.15) is 12.0 Å². The number of nitro groups is 1. The molecule has 0 bridgehead atoms. The highest BCUT2D eigenvalue weighted by Gasteiger charge is 2.32. The highest BCUT2D eigenvalue weighted by Crippen LogP contribution is 2.48. The fourth-order valence-electron chi connectivity index (χ4n) is 2.51. The summed E-state index contributed by atoms with van der Waals surface area (Å²) in [5, 5.41) is 20.8. The first-order valence-corrected chi connectivity index (χ1v) is 10.7. The maximum absolute atomic E-state index is 12.8. The molecule has 0 aliphatic heterocycles. The summed E-state index contributed by atoms with van der Waals surface area (Å²) in [6, 6.07) is 12.1. The molecule has 0 saturated heterocycles. The number of para-hydroxylation sites is 1. The van der Waals surface area contributed by atoms with E-state index in [0.29, 0.717) is 16.4 Å². The van der Waals surface area contributed by atoms with Gasteiger partial charge in [-0.3, -0.25) is 19.7 Å². The van der Waals surface area contributed by atoms with E-state index >= 15 is 0 Å². The molecule has 0 aliphatic rings. The lowest BCUT2D eigenvalue weighted by Crippen LogP contribution is -2.41. The molecule has 1 N–H and O–H groups in total. The number of rotatable bonds is 13. The van der Waals surface area contributed by atoms with Gasteiger partial charge in [0.05, 0.1) is 11.1 Å². The summed E-state index contributed by atoms with van der Waals surface area (Å²) < 4.78 is 23.2. The number of carboxylic acid groups (broad SMARTS) is 1. The number of nitro benzene ring substituents is 1. The number of benzene rings is 2. The van der Waals surface area contributed by atoms with Crippen LogP contribution in [-0.4, -0.2) is 46.8 Å². The van der Waals surface area contributed by atoms with Crippen molar-refractivity contribution >= 4 is 25.7 Å². The van der Waals surface area contributed by atoms with Crippen LogP contribution in [0.3, 0.4) is 0 Å². The Hall–Kier alpha value is -3.27. The number of hydrogen-bond donors (Lipinski definition) is 1. The number of aliphatic carboxylic acids is 1.